The molecular weight excluding hydrogens is 198 g/mol. The minimum atomic E-state index is 0.990. The van der Waals surface area contributed by atoms with Crippen molar-refractivity contribution >= 4 is 11.2 Å². The van der Waals surface area contributed by atoms with Gasteiger partial charge < -0.3 is 9.30 Å². The second kappa shape index (κ2) is 4.39. The Bertz CT molecular complexity index is 509. The Hall–Kier alpha value is -1.77. The maximum atomic E-state index is 4.24. The van der Waals surface area contributed by atoms with Crippen LogP contribution in [-0.4, -0.2) is 28.4 Å². The second-order valence-corrected chi connectivity index (χ2v) is 4.08. The minimum absolute atomic E-state index is 0.990. The first kappa shape index (κ1) is 10.7. The van der Waals surface area contributed by atoms with Gasteiger partial charge in [0.05, 0.1) is 0 Å². The summed E-state index contributed by atoms with van der Waals surface area (Å²) >= 11 is 0. The van der Waals surface area contributed by atoms with Crippen LogP contribution in [-0.2, 0) is 0 Å². The molecule has 0 N–H and O–H groups in total. The zero-order chi connectivity index (χ0) is 11.5. The molecule has 0 unspecified atom stereocenters. The van der Waals surface area contributed by atoms with Crippen molar-refractivity contribution in [2.75, 3.05) is 14.1 Å². The molecule has 0 aliphatic carbocycles. The zero-order valence-electron chi connectivity index (χ0n) is 10.0. The topological polar surface area (TPSA) is 20.5 Å². The van der Waals surface area contributed by atoms with E-state index in [-0.39, 0.29) is 0 Å². The van der Waals surface area contributed by atoms with Crippen LogP contribution < -0.4 is 0 Å². The summed E-state index contributed by atoms with van der Waals surface area (Å²) in [6.45, 7) is 2.17. The zero-order valence-corrected chi connectivity index (χ0v) is 10.0. The highest BCUT2D eigenvalue weighted by Gasteiger charge is 2.01. The van der Waals surface area contributed by atoms with Gasteiger partial charge in [-0.3, -0.25) is 0 Å². The number of hydrogen-bond donors (Lipinski definition) is 0. The van der Waals surface area contributed by atoms with Crippen molar-refractivity contribution in [3.8, 4) is 0 Å². The summed E-state index contributed by atoms with van der Waals surface area (Å²) in [6.07, 6.45) is 9.11. The summed E-state index contributed by atoms with van der Waals surface area (Å²) in [7, 11) is 4.09. The van der Waals surface area contributed by atoms with E-state index in [0.717, 1.165) is 12.1 Å². The van der Waals surface area contributed by atoms with Gasteiger partial charge in [-0.1, -0.05) is 6.92 Å². The summed E-state index contributed by atoms with van der Waals surface area (Å²) in [5, 5.41) is 0. The lowest BCUT2D eigenvalue weighted by Crippen LogP contribution is -2.02. The largest absolute Gasteiger partial charge is 0.383 e. The third kappa shape index (κ3) is 2.08. The molecule has 3 nitrogen and oxygen atoms in total. The molecule has 3 heteroatoms. The molecule has 0 atom stereocenters. The Morgan fingerprint density at radius 3 is 2.94 bits per heavy atom. The molecule has 2 rings (SSSR count). The molecule has 0 saturated carbocycles. The monoisotopic (exact) mass is 215 g/mol. The third-order valence-electron chi connectivity index (χ3n) is 2.55. The van der Waals surface area contributed by atoms with Crippen LogP contribution in [0.3, 0.4) is 0 Å². The first-order chi connectivity index (χ1) is 7.70. The van der Waals surface area contributed by atoms with Crippen LogP contribution in [0.25, 0.3) is 11.2 Å². The summed E-state index contributed by atoms with van der Waals surface area (Å²) in [6, 6.07) is 4.18. The normalized spacial score (nSPS) is 12.1. The number of aromatic nitrogens is 2. The molecule has 0 aliphatic rings. The number of rotatable bonds is 3. The van der Waals surface area contributed by atoms with Crippen molar-refractivity contribution < 1.29 is 0 Å². The van der Waals surface area contributed by atoms with E-state index < -0.39 is 0 Å². The highest BCUT2D eigenvalue weighted by molar-refractivity contribution is 5.65. The van der Waals surface area contributed by atoms with Crippen LogP contribution in [0.5, 0.6) is 0 Å². The Kier molecular flexibility index (Phi) is 2.95. The van der Waals surface area contributed by atoms with Gasteiger partial charge in [0.2, 0.25) is 0 Å². The van der Waals surface area contributed by atoms with Crippen LogP contribution in [0.15, 0.2) is 36.9 Å². The lowest BCUT2D eigenvalue weighted by atomic mass is 10.1. The van der Waals surface area contributed by atoms with E-state index in [1.54, 1.807) is 0 Å². The lowest BCUT2D eigenvalue weighted by Gasteiger charge is -2.11. The molecular formula is C13H17N3. The number of hydrogen-bond acceptors (Lipinski definition) is 2. The van der Waals surface area contributed by atoms with Gasteiger partial charge in [-0.2, -0.15) is 0 Å². The fourth-order valence-corrected chi connectivity index (χ4v) is 1.79. The average Bonchev–Trinajstić information content (AvgIpc) is 2.72. The molecule has 0 amide bonds. The van der Waals surface area contributed by atoms with E-state index in [4.69, 9.17) is 0 Å². The molecule has 0 radical (unpaired) electrons. The number of imidazole rings is 1. The molecule has 16 heavy (non-hydrogen) atoms. The van der Waals surface area contributed by atoms with E-state index >= 15 is 0 Å². The van der Waals surface area contributed by atoms with Gasteiger partial charge in [-0.15, -0.1) is 0 Å². The van der Waals surface area contributed by atoms with Gasteiger partial charge in [-0.25, -0.2) is 4.98 Å². The molecule has 0 aliphatic heterocycles. The van der Waals surface area contributed by atoms with Gasteiger partial charge in [0.15, 0.2) is 0 Å². The molecule has 2 aromatic heterocycles. The molecule has 84 valence electrons. The number of pyridine rings is 1. The number of allylic oxidation sites excluding steroid dienone is 1. The first-order valence-electron chi connectivity index (χ1n) is 5.51. The van der Waals surface area contributed by atoms with Crippen molar-refractivity contribution in [1.29, 1.82) is 0 Å². The second-order valence-electron chi connectivity index (χ2n) is 4.08. The Balaban J connectivity index is 2.44. The van der Waals surface area contributed by atoms with E-state index in [1.165, 1.54) is 11.1 Å². The number of fused-ring (bicyclic) bond motifs is 1. The van der Waals surface area contributed by atoms with Gasteiger partial charge >= 0.3 is 0 Å². The predicted molar refractivity (Wildman–Crippen MR) is 67.1 cm³/mol. The van der Waals surface area contributed by atoms with E-state index in [2.05, 4.69) is 45.7 Å². The quantitative estimate of drug-likeness (QED) is 0.784. The van der Waals surface area contributed by atoms with E-state index in [0.29, 0.717) is 0 Å². The standard InChI is InChI=1S/C13H17N3/c1-4-11(9-15(2)3)12-5-6-13-14-7-8-16(13)10-12/h5-10H,4H2,1-3H3/b11-9-. The molecule has 0 fully saturated rings. The van der Waals surface area contributed by atoms with Crippen molar-refractivity contribution in [3.05, 3.63) is 42.5 Å². The third-order valence-corrected chi connectivity index (χ3v) is 2.55. The van der Waals surface area contributed by atoms with Crippen LogP contribution in [0.1, 0.15) is 18.9 Å². The van der Waals surface area contributed by atoms with E-state index in [1.807, 2.05) is 26.5 Å². The summed E-state index contributed by atoms with van der Waals surface area (Å²) < 4.78 is 2.05. The van der Waals surface area contributed by atoms with Crippen LogP contribution in [0, 0.1) is 0 Å². The first-order valence-corrected chi connectivity index (χ1v) is 5.51. The SMILES string of the molecule is CC/C(=C/N(C)C)c1ccc2nccn2c1. The fraction of sp³-hybridized carbons (Fsp3) is 0.308. The smallest absolute Gasteiger partial charge is 0.136 e. The van der Waals surface area contributed by atoms with Crippen molar-refractivity contribution in [1.82, 2.24) is 14.3 Å². The average molecular weight is 215 g/mol. The predicted octanol–water partition coefficient (Wildman–Crippen LogP) is 2.65. The Labute approximate surface area is 96.0 Å². The Morgan fingerprint density at radius 2 is 2.25 bits per heavy atom. The minimum Gasteiger partial charge on any atom is -0.383 e. The summed E-state index contributed by atoms with van der Waals surface area (Å²) in [5.41, 5.74) is 3.58. The highest BCUT2D eigenvalue weighted by atomic mass is 15.0. The highest BCUT2D eigenvalue weighted by Crippen LogP contribution is 2.18. The van der Waals surface area contributed by atoms with Crippen molar-refractivity contribution in [2.45, 2.75) is 13.3 Å². The molecule has 2 heterocycles. The van der Waals surface area contributed by atoms with E-state index in [9.17, 15) is 0 Å². The summed E-state index contributed by atoms with van der Waals surface area (Å²) in [4.78, 5) is 6.32. The van der Waals surface area contributed by atoms with Gasteiger partial charge in [0.1, 0.15) is 5.65 Å². The van der Waals surface area contributed by atoms with Crippen LogP contribution in [0.2, 0.25) is 0 Å². The van der Waals surface area contributed by atoms with Crippen molar-refractivity contribution in [2.24, 2.45) is 0 Å². The number of nitrogens with zero attached hydrogens (tertiary/aromatic N) is 3. The van der Waals surface area contributed by atoms with Crippen LogP contribution in [0.4, 0.5) is 0 Å². The molecule has 2 aromatic rings. The lowest BCUT2D eigenvalue weighted by molar-refractivity contribution is 0.564. The molecule has 0 spiro atoms. The van der Waals surface area contributed by atoms with Gasteiger partial charge in [0.25, 0.3) is 0 Å². The summed E-state index contributed by atoms with van der Waals surface area (Å²) in [5.74, 6) is 0. The fourth-order valence-electron chi connectivity index (χ4n) is 1.79. The van der Waals surface area contributed by atoms with Gasteiger partial charge in [-0.05, 0) is 29.7 Å². The Morgan fingerprint density at radius 1 is 1.44 bits per heavy atom. The molecule has 0 bridgehead atoms. The molecule has 0 saturated heterocycles. The molecule has 0 aromatic carbocycles. The maximum absolute atomic E-state index is 4.24. The van der Waals surface area contributed by atoms with Crippen molar-refractivity contribution in [3.63, 3.8) is 0 Å². The van der Waals surface area contributed by atoms with Gasteiger partial charge in [0, 0.05) is 38.9 Å². The maximum Gasteiger partial charge on any atom is 0.136 e. The van der Waals surface area contributed by atoms with Crippen LogP contribution >= 0.6 is 0 Å².